The van der Waals surface area contributed by atoms with Crippen LogP contribution in [0.5, 0.6) is 0 Å². The standard InChI is InChI=1S/C17H18N6O/c1-11-16(17(24)22-9-7-12(18)10-22)20-21-23(11)15-6-2-5-14-13(15)4-3-8-19-14/h2-6,8,12H,7,9-10,18H2,1H3/t12-/m0/s1. The van der Waals surface area contributed by atoms with E-state index in [-0.39, 0.29) is 11.9 Å². The monoisotopic (exact) mass is 322 g/mol. The maximum atomic E-state index is 12.7. The van der Waals surface area contributed by atoms with Gasteiger partial charge in [-0.25, -0.2) is 4.68 Å². The summed E-state index contributed by atoms with van der Waals surface area (Å²) in [6, 6.07) is 9.74. The number of carbonyl (C=O) groups excluding carboxylic acids is 1. The van der Waals surface area contributed by atoms with Gasteiger partial charge in [0.1, 0.15) is 0 Å². The number of aromatic nitrogens is 4. The second-order valence-electron chi connectivity index (χ2n) is 6.08. The predicted molar refractivity (Wildman–Crippen MR) is 89.9 cm³/mol. The van der Waals surface area contributed by atoms with E-state index in [0.29, 0.717) is 18.8 Å². The number of pyridine rings is 1. The first kappa shape index (κ1) is 14.8. The number of nitrogens with two attached hydrogens (primary N) is 1. The fourth-order valence-electron chi connectivity index (χ4n) is 3.15. The molecule has 0 aliphatic carbocycles. The molecule has 2 aromatic heterocycles. The Hall–Kier alpha value is -2.80. The Morgan fingerprint density at radius 2 is 2.17 bits per heavy atom. The van der Waals surface area contributed by atoms with Crippen LogP contribution in [0.15, 0.2) is 36.5 Å². The largest absolute Gasteiger partial charge is 0.336 e. The summed E-state index contributed by atoms with van der Waals surface area (Å²) >= 11 is 0. The van der Waals surface area contributed by atoms with Gasteiger partial charge in [-0.3, -0.25) is 9.78 Å². The summed E-state index contributed by atoms with van der Waals surface area (Å²) in [5, 5.41) is 9.30. The van der Waals surface area contributed by atoms with E-state index < -0.39 is 0 Å². The number of rotatable bonds is 2. The van der Waals surface area contributed by atoms with Gasteiger partial charge in [0, 0.05) is 30.7 Å². The lowest BCUT2D eigenvalue weighted by molar-refractivity contribution is 0.0784. The molecule has 1 aliphatic heterocycles. The molecule has 0 bridgehead atoms. The van der Waals surface area contributed by atoms with Crippen molar-refractivity contribution in [2.45, 2.75) is 19.4 Å². The molecule has 0 spiro atoms. The Labute approximate surface area is 139 Å². The van der Waals surface area contributed by atoms with Crippen LogP contribution in [0.4, 0.5) is 0 Å². The van der Waals surface area contributed by atoms with Crippen molar-refractivity contribution in [1.82, 2.24) is 24.9 Å². The Balaban J connectivity index is 1.75. The van der Waals surface area contributed by atoms with E-state index in [4.69, 9.17) is 5.73 Å². The molecule has 122 valence electrons. The topological polar surface area (TPSA) is 89.9 Å². The Morgan fingerprint density at radius 3 is 2.96 bits per heavy atom. The second-order valence-corrected chi connectivity index (χ2v) is 6.08. The summed E-state index contributed by atoms with van der Waals surface area (Å²) in [4.78, 5) is 18.8. The van der Waals surface area contributed by atoms with Gasteiger partial charge in [0.25, 0.3) is 5.91 Å². The van der Waals surface area contributed by atoms with Crippen molar-refractivity contribution in [3.05, 3.63) is 47.9 Å². The van der Waals surface area contributed by atoms with E-state index in [9.17, 15) is 4.79 Å². The average molecular weight is 322 g/mol. The molecule has 7 heteroatoms. The summed E-state index contributed by atoms with van der Waals surface area (Å²) in [5.41, 5.74) is 8.74. The number of nitrogens with zero attached hydrogens (tertiary/aromatic N) is 5. The first-order valence-corrected chi connectivity index (χ1v) is 7.96. The number of hydrogen-bond acceptors (Lipinski definition) is 5. The fraction of sp³-hybridized carbons (Fsp3) is 0.294. The Kier molecular flexibility index (Phi) is 3.50. The molecular weight excluding hydrogens is 304 g/mol. The van der Waals surface area contributed by atoms with Crippen LogP contribution in [0, 0.1) is 6.92 Å². The minimum atomic E-state index is -0.106. The molecule has 4 rings (SSSR count). The first-order chi connectivity index (χ1) is 11.6. The first-order valence-electron chi connectivity index (χ1n) is 7.96. The zero-order chi connectivity index (χ0) is 16.7. The summed E-state index contributed by atoms with van der Waals surface area (Å²) in [5.74, 6) is -0.106. The van der Waals surface area contributed by atoms with Gasteiger partial charge >= 0.3 is 0 Å². The molecule has 1 amide bonds. The van der Waals surface area contributed by atoms with Crippen molar-refractivity contribution in [3.8, 4) is 5.69 Å². The Bertz CT molecular complexity index is 913. The number of amides is 1. The van der Waals surface area contributed by atoms with Gasteiger partial charge in [-0.2, -0.15) is 0 Å². The van der Waals surface area contributed by atoms with Crippen LogP contribution in [-0.4, -0.2) is 49.9 Å². The van der Waals surface area contributed by atoms with Crippen LogP contribution >= 0.6 is 0 Å². The zero-order valence-corrected chi connectivity index (χ0v) is 13.4. The van der Waals surface area contributed by atoms with E-state index in [0.717, 1.165) is 28.7 Å². The second kappa shape index (κ2) is 5.68. The number of benzene rings is 1. The fourth-order valence-corrected chi connectivity index (χ4v) is 3.15. The van der Waals surface area contributed by atoms with Crippen molar-refractivity contribution >= 4 is 16.8 Å². The van der Waals surface area contributed by atoms with Crippen LogP contribution in [0.1, 0.15) is 22.6 Å². The lowest BCUT2D eigenvalue weighted by atomic mass is 10.2. The van der Waals surface area contributed by atoms with Crippen LogP contribution in [0.2, 0.25) is 0 Å². The number of likely N-dealkylation sites (tertiary alicyclic amines) is 1. The Morgan fingerprint density at radius 1 is 1.29 bits per heavy atom. The van der Waals surface area contributed by atoms with Crippen LogP contribution in [-0.2, 0) is 0 Å². The summed E-state index contributed by atoms with van der Waals surface area (Å²) in [6.07, 6.45) is 2.58. The molecule has 1 fully saturated rings. The van der Waals surface area contributed by atoms with Gasteiger partial charge in [0.15, 0.2) is 5.69 Å². The van der Waals surface area contributed by atoms with Crippen LogP contribution in [0.25, 0.3) is 16.6 Å². The van der Waals surface area contributed by atoms with Crippen molar-refractivity contribution in [1.29, 1.82) is 0 Å². The van der Waals surface area contributed by atoms with Gasteiger partial charge in [0.2, 0.25) is 0 Å². The lowest BCUT2D eigenvalue weighted by Crippen LogP contribution is -2.32. The van der Waals surface area contributed by atoms with Gasteiger partial charge in [-0.05, 0) is 37.6 Å². The SMILES string of the molecule is Cc1c(C(=O)N2CC[C@H](N)C2)nnn1-c1cccc2ncccc12. The molecule has 3 aromatic rings. The van der Waals surface area contributed by atoms with Crippen molar-refractivity contribution < 1.29 is 4.79 Å². The number of fused-ring (bicyclic) bond motifs is 1. The van der Waals surface area contributed by atoms with Gasteiger partial charge in [0.05, 0.1) is 16.9 Å². The quantitative estimate of drug-likeness (QED) is 0.768. The lowest BCUT2D eigenvalue weighted by Gasteiger charge is -2.14. The van der Waals surface area contributed by atoms with Crippen molar-refractivity contribution in [2.24, 2.45) is 5.73 Å². The van der Waals surface area contributed by atoms with E-state index in [1.54, 1.807) is 15.8 Å². The summed E-state index contributed by atoms with van der Waals surface area (Å²) < 4.78 is 1.70. The highest BCUT2D eigenvalue weighted by Gasteiger charge is 2.28. The maximum Gasteiger partial charge on any atom is 0.276 e. The summed E-state index contributed by atoms with van der Waals surface area (Å²) in [7, 11) is 0. The molecule has 0 saturated carbocycles. The molecule has 0 radical (unpaired) electrons. The molecule has 0 unspecified atom stereocenters. The highest BCUT2D eigenvalue weighted by Crippen LogP contribution is 2.22. The van der Waals surface area contributed by atoms with E-state index in [1.807, 2.05) is 37.3 Å². The van der Waals surface area contributed by atoms with Crippen LogP contribution in [0.3, 0.4) is 0 Å². The normalized spacial score (nSPS) is 17.6. The van der Waals surface area contributed by atoms with Gasteiger partial charge in [-0.1, -0.05) is 11.3 Å². The number of hydrogen-bond donors (Lipinski definition) is 1. The van der Waals surface area contributed by atoms with E-state index in [2.05, 4.69) is 15.3 Å². The summed E-state index contributed by atoms with van der Waals surface area (Å²) in [6.45, 7) is 3.10. The van der Waals surface area contributed by atoms with E-state index in [1.165, 1.54) is 0 Å². The smallest absolute Gasteiger partial charge is 0.276 e. The molecule has 1 saturated heterocycles. The maximum absolute atomic E-state index is 12.7. The van der Waals surface area contributed by atoms with E-state index >= 15 is 0 Å². The minimum absolute atomic E-state index is 0.0495. The van der Waals surface area contributed by atoms with Crippen molar-refractivity contribution in [3.63, 3.8) is 0 Å². The molecule has 24 heavy (non-hydrogen) atoms. The highest BCUT2D eigenvalue weighted by atomic mass is 16.2. The van der Waals surface area contributed by atoms with Crippen molar-refractivity contribution in [2.75, 3.05) is 13.1 Å². The highest BCUT2D eigenvalue weighted by molar-refractivity contribution is 5.94. The molecule has 7 nitrogen and oxygen atoms in total. The molecule has 3 heterocycles. The predicted octanol–water partition coefficient (Wildman–Crippen LogP) is 1.30. The third-order valence-corrected chi connectivity index (χ3v) is 4.46. The number of carbonyl (C=O) groups is 1. The minimum Gasteiger partial charge on any atom is -0.336 e. The zero-order valence-electron chi connectivity index (χ0n) is 13.4. The van der Waals surface area contributed by atoms with Gasteiger partial charge in [-0.15, -0.1) is 5.10 Å². The molecule has 1 atom stereocenters. The molecular formula is C17H18N6O. The van der Waals surface area contributed by atoms with Crippen LogP contribution < -0.4 is 5.73 Å². The average Bonchev–Trinajstić information content (AvgIpc) is 3.20. The molecule has 2 N–H and O–H groups in total. The van der Waals surface area contributed by atoms with Gasteiger partial charge < -0.3 is 10.6 Å². The third kappa shape index (κ3) is 2.33. The molecule has 1 aromatic carbocycles. The molecule has 1 aliphatic rings. The third-order valence-electron chi connectivity index (χ3n) is 4.46.